The third-order valence-corrected chi connectivity index (χ3v) is 5.56. The second kappa shape index (κ2) is 11.2. The Bertz CT molecular complexity index is 1030. The first-order valence-corrected chi connectivity index (χ1v) is 11.5. The van der Waals surface area contributed by atoms with Gasteiger partial charge in [-0.25, -0.2) is 8.78 Å². The first kappa shape index (κ1) is 25.3. The number of guanidine groups is 1. The summed E-state index contributed by atoms with van der Waals surface area (Å²) in [5, 5.41) is 9.09. The van der Waals surface area contributed by atoms with Crippen LogP contribution in [-0.4, -0.2) is 36.4 Å². The van der Waals surface area contributed by atoms with Crippen LogP contribution in [0.1, 0.15) is 67.2 Å². The van der Waals surface area contributed by atoms with Crippen LogP contribution in [0, 0.1) is 17.0 Å². The fourth-order valence-electron chi connectivity index (χ4n) is 3.69. The molecular weight excluding hydrogens is 438 g/mol. The highest BCUT2D eigenvalue weighted by molar-refractivity contribution is 6.05. The third kappa shape index (κ3) is 7.64. The van der Waals surface area contributed by atoms with Gasteiger partial charge in [-0.15, -0.1) is 0 Å². The van der Waals surface area contributed by atoms with Crippen molar-refractivity contribution in [2.24, 2.45) is 10.4 Å². The lowest BCUT2D eigenvalue weighted by Crippen LogP contribution is -2.49. The van der Waals surface area contributed by atoms with E-state index in [1.807, 2.05) is 39.0 Å². The molecule has 0 spiro atoms. The Morgan fingerprint density at radius 2 is 1.47 bits per heavy atom. The topological polar surface area (TPSA) is 82.6 Å². The average molecular weight is 471 g/mol. The van der Waals surface area contributed by atoms with Crippen molar-refractivity contribution < 1.29 is 18.4 Å². The van der Waals surface area contributed by atoms with Gasteiger partial charge in [0.25, 0.3) is 11.8 Å². The maximum absolute atomic E-state index is 13.6. The van der Waals surface area contributed by atoms with Gasteiger partial charge < -0.3 is 10.6 Å². The molecule has 1 fully saturated rings. The molecule has 0 aromatic heterocycles. The van der Waals surface area contributed by atoms with Gasteiger partial charge in [-0.1, -0.05) is 39.0 Å². The highest BCUT2D eigenvalue weighted by Crippen LogP contribution is 2.20. The summed E-state index contributed by atoms with van der Waals surface area (Å²) in [5.74, 6) is -2.43. The zero-order valence-electron chi connectivity index (χ0n) is 19.8. The van der Waals surface area contributed by atoms with E-state index in [1.165, 1.54) is 6.07 Å². The number of hydrogen-bond donors (Lipinski definition) is 3. The molecule has 8 heteroatoms. The van der Waals surface area contributed by atoms with Crippen molar-refractivity contribution in [2.45, 2.75) is 58.5 Å². The Morgan fingerprint density at radius 1 is 0.853 bits per heavy atom. The molecule has 1 aliphatic rings. The number of benzene rings is 2. The van der Waals surface area contributed by atoms with E-state index in [2.05, 4.69) is 20.9 Å². The van der Waals surface area contributed by atoms with E-state index in [0.29, 0.717) is 18.1 Å². The van der Waals surface area contributed by atoms with Crippen molar-refractivity contribution in [1.82, 2.24) is 16.0 Å². The minimum atomic E-state index is -1.08. The van der Waals surface area contributed by atoms with Crippen LogP contribution in [0.4, 0.5) is 8.78 Å². The molecular formula is C26H32F2N4O2. The number of hydrogen-bond acceptors (Lipinski definition) is 3. The predicted molar refractivity (Wildman–Crippen MR) is 129 cm³/mol. The van der Waals surface area contributed by atoms with E-state index in [-0.39, 0.29) is 29.0 Å². The molecule has 3 rings (SSSR count). The van der Waals surface area contributed by atoms with Gasteiger partial charge in [-0.3, -0.25) is 19.9 Å². The summed E-state index contributed by atoms with van der Waals surface area (Å²) in [4.78, 5) is 29.6. The van der Waals surface area contributed by atoms with Gasteiger partial charge >= 0.3 is 0 Å². The van der Waals surface area contributed by atoms with Crippen LogP contribution < -0.4 is 16.0 Å². The molecule has 3 N–H and O–H groups in total. The molecule has 182 valence electrons. The lowest BCUT2D eigenvalue weighted by Gasteiger charge is -2.31. The van der Waals surface area contributed by atoms with Crippen LogP contribution in [0.5, 0.6) is 0 Å². The van der Waals surface area contributed by atoms with E-state index < -0.39 is 17.5 Å². The smallest absolute Gasteiger partial charge is 0.258 e. The second-order valence-electron chi connectivity index (χ2n) is 9.84. The Morgan fingerprint density at radius 3 is 2.06 bits per heavy atom. The summed E-state index contributed by atoms with van der Waals surface area (Å²) >= 11 is 0. The first-order valence-electron chi connectivity index (χ1n) is 11.5. The Labute approximate surface area is 199 Å². The lowest BCUT2D eigenvalue weighted by molar-refractivity contribution is 0.0922. The van der Waals surface area contributed by atoms with Crippen LogP contribution in [0.3, 0.4) is 0 Å². The van der Waals surface area contributed by atoms with Gasteiger partial charge in [0.05, 0.1) is 0 Å². The number of carbonyl (C=O) groups is 2. The van der Waals surface area contributed by atoms with Crippen molar-refractivity contribution in [3.8, 4) is 0 Å². The largest absolute Gasteiger partial charge is 0.353 e. The fourth-order valence-corrected chi connectivity index (χ4v) is 3.69. The molecule has 2 aromatic rings. The number of rotatable bonds is 5. The van der Waals surface area contributed by atoms with Crippen molar-refractivity contribution in [3.05, 3.63) is 71.3 Å². The van der Waals surface area contributed by atoms with E-state index in [9.17, 15) is 18.4 Å². The standard InChI is InChI=1S/C26H32F2N4O2/c1-26(2,3)16-29-25(32-24(34)18-9-14-21(27)22(28)15-18)31-20-12-10-19(11-13-20)30-23(33)17-7-5-4-6-8-17/h4-9,14-15,19-20H,10-13,16H2,1-3H3,(H,30,33)(H2,29,31,32,34). The minimum Gasteiger partial charge on any atom is -0.353 e. The van der Waals surface area contributed by atoms with Gasteiger partial charge in [0.2, 0.25) is 0 Å². The highest BCUT2D eigenvalue weighted by Gasteiger charge is 2.24. The van der Waals surface area contributed by atoms with E-state index in [1.54, 1.807) is 12.1 Å². The second-order valence-corrected chi connectivity index (χ2v) is 9.84. The van der Waals surface area contributed by atoms with Gasteiger partial charge in [-0.2, -0.15) is 0 Å². The van der Waals surface area contributed by atoms with Crippen LogP contribution >= 0.6 is 0 Å². The van der Waals surface area contributed by atoms with E-state index in [4.69, 9.17) is 0 Å². The molecule has 0 atom stereocenters. The number of amides is 2. The van der Waals surface area contributed by atoms with Crippen molar-refractivity contribution in [1.29, 1.82) is 0 Å². The van der Waals surface area contributed by atoms with Crippen LogP contribution in [0.25, 0.3) is 0 Å². The molecule has 6 nitrogen and oxygen atoms in total. The fraction of sp³-hybridized carbons (Fsp3) is 0.423. The zero-order valence-corrected chi connectivity index (χ0v) is 19.8. The quantitative estimate of drug-likeness (QED) is 0.447. The summed E-state index contributed by atoms with van der Waals surface area (Å²) in [7, 11) is 0. The molecule has 0 heterocycles. The first-order chi connectivity index (χ1) is 16.1. The molecule has 0 saturated heterocycles. The lowest BCUT2D eigenvalue weighted by atomic mass is 9.91. The Balaban J connectivity index is 1.59. The van der Waals surface area contributed by atoms with Crippen LogP contribution in [0.15, 0.2) is 53.5 Å². The molecule has 0 bridgehead atoms. The van der Waals surface area contributed by atoms with Crippen LogP contribution in [0.2, 0.25) is 0 Å². The number of nitrogens with zero attached hydrogens (tertiary/aromatic N) is 1. The molecule has 1 aliphatic carbocycles. The normalized spacial score (nSPS) is 18.8. The number of halogens is 2. The van der Waals surface area contributed by atoms with Gasteiger partial charge in [0.15, 0.2) is 17.6 Å². The van der Waals surface area contributed by atoms with E-state index >= 15 is 0 Å². The van der Waals surface area contributed by atoms with Gasteiger partial charge in [0.1, 0.15) is 0 Å². The Hall–Kier alpha value is -3.29. The molecule has 0 aliphatic heterocycles. The maximum Gasteiger partial charge on any atom is 0.258 e. The molecule has 2 aromatic carbocycles. The maximum atomic E-state index is 13.6. The molecule has 1 saturated carbocycles. The summed E-state index contributed by atoms with van der Waals surface area (Å²) in [6.07, 6.45) is 3.16. The Kier molecular flexibility index (Phi) is 8.36. The molecule has 2 amide bonds. The average Bonchev–Trinajstić information content (AvgIpc) is 2.80. The van der Waals surface area contributed by atoms with Crippen LogP contribution in [-0.2, 0) is 0 Å². The number of nitrogens with one attached hydrogen (secondary N) is 3. The monoisotopic (exact) mass is 470 g/mol. The van der Waals surface area contributed by atoms with Gasteiger partial charge in [0, 0.05) is 29.8 Å². The summed E-state index contributed by atoms with van der Waals surface area (Å²) in [6.45, 7) is 6.57. The molecule has 34 heavy (non-hydrogen) atoms. The number of carbonyl (C=O) groups excluding carboxylic acids is 2. The molecule has 0 radical (unpaired) electrons. The number of aliphatic imine (C=N–C) groups is 1. The van der Waals surface area contributed by atoms with E-state index in [0.717, 1.165) is 37.8 Å². The summed E-state index contributed by atoms with van der Waals surface area (Å²) in [6, 6.07) is 12.3. The SMILES string of the molecule is CC(C)(C)CN=C(NC(=O)c1ccc(F)c(F)c1)NC1CCC(NC(=O)c2ccccc2)CC1. The predicted octanol–water partition coefficient (Wildman–Crippen LogP) is 4.43. The van der Waals surface area contributed by atoms with Crippen molar-refractivity contribution in [3.63, 3.8) is 0 Å². The highest BCUT2D eigenvalue weighted by atomic mass is 19.2. The van der Waals surface area contributed by atoms with Crippen molar-refractivity contribution in [2.75, 3.05) is 6.54 Å². The van der Waals surface area contributed by atoms with Crippen molar-refractivity contribution >= 4 is 17.8 Å². The zero-order chi connectivity index (χ0) is 24.7. The third-order valence-electron chi connectivity index (χ3n) is 5.56. The minimum absolute atomic E-state index is 0.0106. The summed E-state index contributed by atoms with van der Waals surface area (Å²) < 4.78 is 26.8. The molecule has 0 unspecified atom stereocenters. The van der Waals surface area contributed by atoms with Gasteiger partial charge in [-0.05, 0) is 61.4 Å². The summed E-state index contributed by atoms with van der Waals surface area (Å²) in [5.41, 5.74) is 0.551.